The van der Waals surface area contributed by atoms with Crippen LogP contribution in [0.4, 0.5) is 0 Å². The summed E-state index contributed by atoms with van der Waals surface area (Å²) in [4.78, 5) is 0. The first-order valence-electron chi connectivity index (χ1n) is 6.18. The number of fused-ring (bicyclic) bond motifs is 1. The largest absolute Gasteiger partial charge is 0.485 e. The smallest absolute Gasteiger partial charge is 0.129 e. The van der Waals surface area contributed by atoms with Gasteiger partial charge in [0.05, 0.1) is 12.7 Å². The standard InChI is InChI=1S/C15H20O3/c1-15(2)14(16)10-12-9-11(5-4-8-17-3)6-7-13(12)18-15/h4-7,9,14,16H,8,10H2,1-3H3/b5-4+/t14-/m1/s1. The van der Waals surface area contributed by atoms with Crippen LogP contribution in [0.15, 0.2) is 24.3 Å². The van der Waals surface area contributed by atoms with E-state index in [4.69, 9.17) is 9.47 Å². The average molecular weight is 248 g/mol. The molecule has 0 aromatic heterocycles. The van der Waals surface area contributed by atoms with Gasteiger partial charge in [0.1, 0.15) is 11.4 Å². The second-order valence-electron chi connectivity index (χ2n) is 5.15. The molecule has 1 aromatic carbocycles. The normalized spacial score (nSPS) is 21.7. The first-order chi connectivity index (χ1) is 8.53. The van der Waals surface area contributed by atoms with E-state index in [1.54, 1.807) is 7.11 Å². The molecule has 1 N–H and O–H groups in total. The molecular formula is C15H20O3. The van der Waals surface area contributed by atoms with Crippen molar-refractivity contribution in [3.05, 3.63) is 35.4 Å². The van der Waals surface area contributed by atoms with Gasteiger partial charge in [-0.25, -0.2) is 0 Å². The van der Waals surface area contributed by atoms with Gasteiger partial charge in [0.25, 0.3) is 0 Å². The molecule has 0 spiro atoms. The minimum atomic E-state index is -0.513. The number of hydrogen-bond acceptors (Lipinski definition) is 3. The Morgan fingerprint density at radius 2 is 2.28 bits per heavy atom. The number of ether oxygens (including phenoxy) is 2. The molecule has 0 unspecified atom stereocenters. The SMILES string of the molecule is COC/C=C/c1ccc2c(c1)C[C@@H](O)C(C)(C)O2. The van der Waals surface area contributed by atoms with E-state index in [2.05, 4.69) is 6.07 Å². The third kappa shape index (κ3) is 2.74. The van der Waals surface area contributed by atoms with Crippen LogP contribution < -0.4 is 4.74 Å². The lowest BCUT2D eigenvalue weighted by Gasteiger charge is -2.37. The number of benzene rings is 1. The van der Waals surface area contributed by atoms with Crippen molar-refractivity contribution < 1.29 is 14.6 Å². The highest BCUT2D eigenvalue weighted by atomic mass is 16.5. The number of aliphatic hydroxyl groups excluding tert-OH is 1. The maximum atomic E-state index is 10.0. The fraction of sp³-hybridized carbons (Fsp3) is 0.467. The molecule has 0 bridgehead atoms. The summed E-state index contributed by atoms with van der Waals surface area (Å²) in [6.07, 6.45) is 4.14. The molecule has 1 aliphatic rings. The molecule has 1 aromatic rings. The molecule has 0 radical (unpaired) electrons. The summed E-state index contributed by atoms with van der Waals surface area (Å²) in [6, 6.07) is 6.04. The zero-order chi connectivity index (χ0) is 13.2. The Morgan fingerprint density at radius 1 is 1.50 bits per heavy atom. The van der Waals surface area contributed by atoms with Gasteiger partial charge in [0.15, 0.2) is 0 Å². The lowest BCUT2D eigenvalue weighted by Crippen LogP contribution is -2.46. The van der Waals surface area contributed by atoms with E-state index in [1.165, 1.54) is 0 Å². The van der Waals surface area contributed by atoms with Gasteiger partial charge in [-0.05, 0) is 37.1 Å². The molecule has 0 aliphatic carbocycles. The molecule has 1 aliphatic heterocycles. The molecular weight excluding hydrogens is 228 g/mol. The molecule has 0 amide bonds. The van der Waals surface area contributed by atoms with E-state index in [9.17, 15) is 5.11 Å². The van der Waals surface area contributed by atoms with Crippen molar-refractivity contribution in [2.45, 2.75) is 32.0 Å². The molecule has 0 saturated carbocycles. The van der Waals surface area contributed by atoms with E-state index in [0.717, 1.165) is 16.9 Å². The topological polar surface area (TPSA) is 38.7 Å². The highest BCUT2D eigenvalue weighted by Crippen LogP contribution is 2.33. The van der Waals surface area contributed by atoms with Crippen LogP contribution in [0.3, 0.4) is 0 Å². The van der Waals surface area contributed by atoms with E-state index in [1.807, 2.05) is 38.1 Å². The molecule has 18 heavy (non-hydrogen) atoms. The van der Waals surface area contributed by atoms with Crippen LogP contribution in [0, 0.1) is 0 Å². The predicted octanol–water partition coefficient (Wildman–Crippen LogP) is 2.42. The Labute approximate surface area is 108 Å². The van der Waals surface area contributed by atoms with Gasteiger partial charge >= 0.3 is 0 Å². The van der Waals surface area contributed by atoms with Crippen LogP contribution in [-0.2, 0) is 11.2 Å². The summed E-state index contributed by atoms with van der Waals surface area (Å²) in [6.45, 7) is 4.42. The summed E-state index contributed by atoms with van der Waals surface area (Å²) >= 11 is 0. The average Bonchev–Trinajstić information content (AvgIpc) is 2.31. The van der Waals surface area contributed by atoms with E-state index in [0.29, 0.717) is 13.0 Å². The van der Waals surface area contributed by atoms with Gasteiger partial charge in [-0.2, -0.15) is 0 Å². The molecule has 0 saturated heterocycles. The van der Waals surface area contributed by atoms with Crippen molar-refractivity contribution in [2.75, 3.05) is 13.7 Å². The van der Waals surface area contributed by atoms with Crippen molar-refractivity contribution in [3.8, 4) is 5.75 Å². The highest BCUT2D eigenvalue weighted by Gasteiger charge is 2.35. The Morgan fingerprint density at radius 3 is 3.00 bits per heavy atom. The van der Waals surface area contributed by atoms with Gasteiger partial charge in [-0.1, -0.05) is 18.2 Å². The third-order valence-electron chi connectivity index (χ3n) is 3.25. The first kappa shape index (κ1) is 13.1. The van der Waals surface area contributed by atoms with Crippen molar-refractivity contribution in [3.63, 3.8) is 0 Å². The van der Waals surface area contributed by atoms with Gasteiger partial charge in [-0.3, -0.25) is 0 Å². The maximum absolute atomic E-state index is 10.0. The fourth-order valence-corrected chi connectivity index (χ4v) is 2.05. The van der Waals surface area contributed by atoms with Gasteiger partial charge < -0.3 is 14.6 Å². The van der Waals surface area contributed by atoms with Crippen molar-refractivity contribution >= 4 is 6.08 Å². The molecule has 98 valence electrons. The van der Waals surface area contributed by atoms with Crippen LogP contribution in [0.25, 0.3) is 6.08 Å². The molecule has 3 heteroatoms. The Bertz CT molecular complexity index is 449. The minimum Gasteiger partial charge on any atom is -0.485 e. The zero-order valence-electron chi connectivity index (χ0n) is 11.1. The molecule has 1 heterocycles. The monoisotopic (exact) mass is 248 g/mol. The van der Waals surface area contributed by atoms with Gasteiger partial charge in [0, 0.05) is 13.5 Å². The van der Waals surface area contributed by atoms with Gasteiger partial charge in [0.2, 0.25) is 0 Å². The summed E-state index contributed by atoms with van der Waals surface area (Å²) in [7, 11) is 1.67. The minimum absolute atomic E-state index is 0.469. The number of methoxy groups -OCH3 is 1. The first-order valence-corrected chi connectivity index (χ1v) is 6.18. The van der Waals surface area contributed by atoms with E-state index >= 15 is 0 Å². The second-order valence-corrected chi connectivity index (χ2v) is 5.15. The van der Waals surface area contributed by atoms with Crippen LogP contribution >= 0.6 is 0 Å². The number of rotatable bonds is 3. The Hall–Kier alpha value is -1.32. The lowest BCUT2D eigenvalue weighted by atomic mass is 9.90. The van der Waals surface area contributed by atoms with E-state index < -0.39 is 11.7 Å². The van der Waals surface area contributed by atoms with Crippen molar-refractivity contribution in [2.24, 2.45) is 0 Å². The summed E-state index contributed by atoms with van der Waals surface area (Å²) in [5.41, 5.74) is 1.64. The second kappa shape index (κ2) is 5.12. The molecule has 0 fully saturated rings. The Balaban J connectivity index is 2.21. The molecule has 3 nitrogen and oxygen atoms in total. The fourth-order valence-electron chi connectivity index (χ4n) is 2.05. The third-order valence-corrected chi connectivity index (χ3v) is 3.25. The summed E-state index contributed by atoms with van der Waals surface area (Å²) < 4.78 is 10.8. The Kier molecular flexibility index (Phi) is 3.73. The molecule has 1 atom stereocenters. The summed E-state index contributed by atoms with van der Waals surface area (Å²) in [5, 5.41) is 10.0. The van der Waals surface area contributed by atoms with Gasteiger partial charge in [-0.15, -0.1) is 0 Å². The number of aliphatic hydroxyl groups is 1. The van der Waals surface area contributed by atoms with Crippen LogP contribution in [-0.4, -0.2) is 30.5 Å². The quantitative estimate of drug-likeness (QED) is 0.892. The van der Waals surface area contributed by atoms with E-state index in [-0.39, 0.29) is 0 Å². The zero-order valence-corrected chi connectivity index (χ0v) is 11.1. The lowest BCUT2D eigenvalue weighted by molar-refractivity contribution is -0.0411. The summed E-state index contributed by atoms with van der Waals surface area (Å²) in [5.74, 6) is 0.870. The van der Waals surface area contributed by atoms with Crippen molar-refractivity contribution in [1.82, 2.24) is 0 Å². The highest BCUT2D eigenvalue weighted by molar-refractivity contribution is 5.54. The maximum Gasteiger partial charge on any atom is 0.129 e. The van der Waals surface area contributed by atoms with Crippen LogP contribution in [0.1, 0.15) is 25.0 Å². The van der Waals surface area contributed by atoms with Crippen molar-refractivity contribution in [1.29, 1.82) is 0 Å². The van der Waals surface area contributed by atoms with Crippen LogP contribution in [0.2, 0.25) is 0 Å². The number of hydrogen-bond donors (Lipinski definition) is 1. The molecule has 2 rings (SSSR count). The van der Waals surface area contributed by atoms with Crippen LogP contribution in [0.5, 0.6) is 5.75 Å². The predicted molar refractivity (Wildman–Crippen MR) is 71.8 cm³/mol.